The molecule has 1 aromatic carbocycles. The maximum atomic E-state index is 12.7. The molecule has 28 heavy (non-hydrogen) atoms. The predicted octanol–water partition coefficient (Wildman–Crippen LogP) is 7.25. The summed E-state index contributed by atoms with van der Waals surface area (Å²) in [5.74, 6) is 1.69. The van der Waals surface area contributed by atoms with Crippen molar-refractivity contribution in [2.24, 2.45) is 5.92 Å². The third kappa shape index (κ3) is 5.63. The third-order valence-electron chi connectivity index (χ3n) is 5.61. The lowest BCUT2D eigenvalue weighted by Crippen LogP contribution is -2.14. The highest BCUT2D eigenvalue weighted by atomic mass is 35.5. The van der Waals surface area contributed by atoms with Crippen molar-refractivity contribution in [1.82, 2.24) is 9.97 Å². The largest absolute Gasteiger partial charge is 0.434 e. The Labute approximate surface area is 170 Å². The van der Waals surface area contributed by atoms with Crippen LogP contribution in [0.4, 0.5) is 8.78 Å². The average molecular weight is 409 g/mol. The summed E-state index contributed by atoms with van der Waals surface area (Å²) in [4.78, 5) is 8.84. The first-order chi connectivity index (χ1) is 13.6. The molecule has 0 amide bonds. The van der Waals surface area contributed by atoms with Gasteiger partial charge < -0.3 is 4.74 Å². The highest BCUT2D eigenvalue weighted by molar-refractivity contribution is 6.30. The van der Waals surface area contributed by atoms with E-state index < -0.39 is 6.61 Å². The molecule has 0 bridgehead atoms. The molecular formula is C22H27ClF2N2O. The lowest BCUT2D eigenvalue weighted by atomic mass is 9.77. The molecule has 0 N–H and O–H groups in total. The first-order valence-electron chi connectivity index (χ1n) is 10.1. The van der Waals surface area contributed by atoms with Gasteiger partial charge in [0.15, 0.2) is 5.82 Å². The van der Waals surface area contributed by atoms with Gasteiger partial charge in [0.1, 0.15) is 5.75 Å². The number of hydrogen-bond donors (Lipinski definition) is 0. The molecule has 0 saturated heterocycles. The van der Waals surface area contributed by atoms with Gasteiger partial charge in [-0.3, -0.25) is 0 Å². The smallest absolute Gasteiger partial charge is 0.387 e. The molecule has 0 unspecified atom stereocenters. The van der Waals surface area contributed by atoms with Crippen LogP contribution in [0.1, 0.15) is 69.8 Å². The first kappa shape index (κ1) is 21.0. The molecule has 1 aliphatic carbocycles. The predicted molar refractivity (Wildman–Crippen MR) is 108 cm³/mol. The highest BCUT2D eigenvalue weighted by Gasteiger charge is 2.23. The monoisotopic (exact) mass is 408 g/mol. The van der Waals surface area contributed by atoms with E-state index in [1.54, 1.807) is 12.1 Å². The van der Waals surface area contributed by atoms with Gasteiger partial charge in [0.25, 0.3) is 0 Å². The minimum atomic E-state index is -2.93. The van der Waals surface area contributed by atoms with Crippen molar-refractivity contribution in [3.63, 3.8) is 0 Å². The van der Waals surface area contributed by atoms with Crippen LogP contribution >= 0.6 is 11.6 Å². The van der Waals surface area contributed by atoms with Gasteiger partial charge in [-0.2, -0.15) is 8.78 Å². The van der Waals surface area contributed by atoms with Gasteiger partial charge in [0, 0.05) is 17.4 Å². The molecule has 3 nitrogen and oxygen atoms in total. The fourth-order valence-electron chi connectivity index (χ4n) is 4.03. The number of rotatable bonds is 8. The Morgan fingerprint density at radius 2 is 1.82 bits per heavy atom. The lowest BCUT2D eigenvalue weighted by Gasteiger charge is -2.28. The molecule has 0 atom stereocenters. The molecule has 6 heteroatoms. The van der Waals surface area contributed by atoms with Crippen molar-refractivity contribution in [1.29, 1.82) is 0 Å². The van der Waals surface area contributed by atoms with Gasteiger partial charge in [0.05, 0.1) is 5.56 Å². The first-order valence-corrected chi connectivity index (χ1v) is 10.5. The topological polar surface area (TPSA) is 35.0 Å². The van der Waals surface area contributed by atoms with Gasteiger partial charge in [-0.25, -0.2) is 9.97 Å². The Balaban J connectivity index is 1.65. The summed E-state index contributed by atoms with van der Waals surface area (Å²) in [6.45, 7) is -0.684. The van der Waals surface area contributed by atoms with Crippen molar-refractivity contribution < 1.29 is 13.5 Å². The fourth-order valence-corrected chi connectivity index (χ4v) is 4.19. The lowest BCUT2D eigenvalue weighted by molar-refractivity contribution is -0.0494. The molecule has 0 radical (unpaired) electrons. The number of nitrogens with zero attached hydrogens (tertiary/aromatic N) is 2. The Hall–Kier alpha value is -1.75. The molecule has 1 aromatic heterocycles. The molecule has 2 aromatic rings. The zero-order valence-electron chi connectivity index (χ0n) is 16.2. The number of ether oxygens (including phenoxy) is 1. The molecule has 1 aliphatic rings. The third-order valence-corrected chi connectivity index (χ3v) is 5.84. The van der Waals surface area contributed by atoms with E-state index in [-0.39, 0.29) is 5.75 Å². The number of halogens is 3. The van der Waals surface area contributed by atoms with Crippen LogP contribution in [0.3, 0.4) is 0 Å². The Morgan fingerprint density at radius 3 is 2.46 bits per heavy atom. The molecular weight excluding hydrogens is 382 g/mol. The summed E-state index contributed by atoms with van der Waals surface area (Å²) in [6.07, 6.45) is 13.8. The minimum Gasteiger partial charge on any atom is -0.434 e. The molecule has 3 rings (SSSR count). The summed E-state index contributed by atoms with van der Waals surface area (Å²) in [6, 6.07) is 4.59. The van der Waals surface area contributed by atoms with Crippen molar-refractivity contribution in [2.45, 2.75) is 70.8 Å². The normalized spacial score (nSPS) is 19.8. The van der Waals surface area contributed by atoms with E-state index in [1.165, 1.54) is 57.4 Å². The number of alkyl halides is 2. The number of aromatic nitrogens is 2. The summed E-state index contributed by atoms with van der Waals surface area (Å²) >= 11 is 5.90. The van der Waals surface area contributed by atoms with E-state index in [2.05, 4.69) is 21.6 Å². The zero-order valence-corrected chi connectivity index (χ0v) is 17.0. The van der Waals surface area contributed by atoms with Crippen LogP contribution in [0.25, 0.3) is 11.4 Å². The number of benzene rings is 1. The number of hydrogen-bond acceptors (Lipinski definition) is 3. The second kappa shape index (κ2) is 10.1. The average Bonchev–Trinajstić information content (AvgIpc) is 2.69. The van der Waals surface area contributed by atoms with Crippen LogP contribution in [0, 0.1) is 5.92 Å². The second-order valence-electron chi connectivity index (χ2n) is 7.57. The standard InChI is InChI=1S/C22H27ClF2N2O/c1-2-3-4-5-15-6-8-16(9-7-15)17-13-26-21(27-14-17)19-11-10-18(23)12-20(19)28-22(24)25/h10-16,22H,2-9H2,1H3. The fraction of sp³-hybridized carbons (Fsp3) is 0.545. The van der Waals surface area contributed by atoms with E-state index in [1.807, 2.05) is 12.4 Å². The van der Waals surface area contributed by atoms with Gasteiger partial charge in [-0.15, -0.1) is 0 Å². The van der Waals surface area contributed by atoms with Crippen LogP contribution in [-0.4, -0.2) is 16.6 Å². The van der Waals surface area contributed by atoms with E-state index in [0.29, 0.717) is 22.3 Å². The van der Waals surface area contributed by atoms with Crippen LogP contribution in [0.5, 0.6) is 5.75 Å². The Morgan fingerprint density at radius 1 is 1.11 bits per heavy atom. The van der Waals surface area contributed by atoms with Crippen LogP contribution in [0.15, 0.2) is 30.6 Å². The molecule has 0 aliphatic heterocycles. The van der Waals surface area contributed by atoms with Crippen molar-refractivity contribution >= 4 is 11.6 Å². The van der Waals surface area contributed by atoms with Gasteiger partial charge in [-0.1, -0.05) is 44.2 Å². The second-order valence-corrected chi connectivity index (χ2v) is 8.01. The van der Waals surface area contributed by atoms with Gasteiger partial charge in [-0.05, 0) is 61.3 Å². The van der Waals surface area contributed by atoms with Crippen LogP contribution in [-0.2, 0) is 0 Å². The molecule has 1 saturated carbocycles. The maximum absolute atomic E-state index is 12.7. The van der Waals surface area contributed by atoms with Crippen molar-refractivity contribution in [3.8, 4) is 17.1 Å². The van der Waals surface area contributed by atoms with Crippen LogP contribution in [0.2, 0.25) is 5.02 Å². The SMILES string of the molecule is CCCCCC1CCC(c2cnc(-c3ccc(Cl)cc3OC(F)F)nc2)CC1. The quantitative estimate of drug-likeness (QED) is 0.431. The van der Waals surface area contributed by atoms with E-state index in [0.717, 1.165) is 11.5 Å². The highest BCUT2D eigenvalue weighted by Crippen LogP contribution is 2.38. The number of unbranched alkanes of at least 4 members (excludes halogenated alkanes) is 2. The van der Waals surface area contributed by atoms with E-state index in [4.69, 9.17) is 11.6 Å². The molecule has 0 spiro atoms. The summed E-state index contributed by atoms with van der Waals surface area (Å²) in [5, 5.41) is 0.326. The molecule has 1 heterocycles. The summed E-state index contributed by atoms with van der Waals surface area (Å²) in [5.41, 5.74) is 1.54. The summed E-state index contributed by atoms with van der Waals surface area (Å²) in [7, 11) is 0. The molecule has 152 valence electrons. The summed E-state index contributed by atoms with van der Waals surface area (Å²) < 4.78 is 29.9. The van der Waals surface area contributed by atoms with Crippen molar-refractivity contribution in [3.05, 3.63) is 41.2 Å². The zero-order chi connectivity index (χ0) is 19.9. The van der Waals surface area contributed by atoms with Gasteiger partial charge >= 0.3 is 6.61 Å². The maximum Gasteiger partial charge on any atom is 0.387 e. The Bertz CT molecular complexity index is 747. The van der Waals surface area contributed by atoms with Crippen molar-refractivity contribution in [2.75, 3.05) is 0 Å². The van der Waals surface area contributed by atoms with Crippen LogP contribution < -0.4 is 4.74 Å². The van der Waals surface area contributed by atoms with E-state index >= 15 is 0 Å². The van der Waals surface area contributed by atoms with Gasteiger partial charge in [0.2, 0.25) is 0 Å². The minimum absolute atomic E-state index is 0.0113. The Kier molecular flexibility index (Phi) is 7.60. The molecule has 1 fully saturated rings. The van der Waals surface area contributed by atoms with E-state index in [9.17, 15) is 8.78 Å².